The van der Waals surface area contributed by atoms with Gasteiger partial charge in [0.25, 0.3) is 0 Å². The van der Waals surface area contributed by atoms with Gasteiger partial charge in [0.1, 0.15) is 5.69 Å². The van der Waals surface area contributed by atoms with Crippen LogP contribution in [0.25, 0.3) is 0 Å². The van der Waals surface area contributed by atoms with Crippen LogP contribution >= 0.6 is 0 Å². The number of anilines is 1. The number of nitrogens with one attached hydrogen (secondary N) is 1. The van der Waals surface area contributed by atoms with Crippen molar-refractivity contribution in [2.45, 2.75) is 19.9 Å². The highest BCUT2D eigenvalue weighted by molar-refractivity contribution is 7.84. The Balaban J connectivity index is 3.02. The lowest BCUT2D eigenvalue weighted by molar-refractivity contribution is -0.385. The van der Waals surface area contributed by atoms with Gasteiger partial charge in [0.05, 0.1) is 11.5 Å². The summed E-state index contributed by atoms with van der Waals surface area (Å²) < 4.78 is 16.4. The molecular formula is C12H18N2O4S. The number of hydrogen-bond acceptors (Lipinski definition) is 5. The first-order valence-corrected chi connectivity index (χ1v) is 7.65. The highest BCUT2D eigenvalue weighted by Gasteiger charge is 2.21. The number of nitro benzene ring substituents is 1. The standard InChI is InChI=1S/C12H18N2O4S/c1-4-18-11-7-5-6-10(12(11)14(15)16)13-9(2)8-19(3)17/h5-7,9,13H,4,8H2,1-3H3. The van der Waals surface area contributed by atoms with E-state index >= 15 is 0 Å². The lowest BCUT2D eigenvalue weighted by Gasteiger charge is -2.15. The number of ether oxygens (including phenoxy) is 1. The highest BCUT2D eigenvalue weighted by atomic mass is 32.2. The third-order valence-corrected chi connectivity index (χ3v) is 3.34. The van der Waals surface area contributed by atoms with Gasteiger partial charge in [-0.2, -0.15) is 0 Å². The molecule has 1 aromatic carbocycles. The van der Waals surface area contributed by atoms with Crippen LogP contribution in [0.1, 0.15) is 13.8 Å². The molecule has 0 bridgehead atoms. The number of hydrogen-bond donors (Lipinski definition) is 1. The van der Waals surface area contributed by atoms with E-state index in [1.807, 2.05) is 6.92 Å². The van der Waals surface area contributed by atoms with Crippen molar-refractivity contribution >= 4 is 22.2 Å². The summed E-state index contributed by atoms with van der Waals surface area (Å²) in [6.07, 6.45) is 1.60. The second kappa shape index (κ2) is 7.08. The van der Waals surface area contributed by atoms with Gasteiger partial charge >= 0.3 is 5.69 Å². The second-order valence-corrected chi connectivity index (χ2v) is 5.61. The largest absolute Gasteiger partial charge is 0.487 e. The predicted octanol–water partition coefficient (Wildman–Crippen LogP) is 2.17. The van der Waals surface area contributed by atoms with Crippen molar-refractivity contribution in [3.05, 3.63) is 28.3 Å². The molecule has 0 spiro atoms. The minimum Gasteiger partial charge on any atom is -0.487 e. The lowest BCUT2D eigenvalue weighted by atomic mass is 10.2. The minimum absolute atomic E-state index is 0.0851. The molecule has 1 rings (SSSR count). The maximum atomic E-state index is 11.1. The second-order valence-electron chi connectivity index (χ2n) is 4.13. The van der Waals surface area contributed by atoms with Crippen molar-refractivity contribution in [2.24, 2.45) is 0 Å². The van der Waals surface area contributed by atoms with Crippen molar-refractivity contribution in [1.82, 2.24) is 0 Å². The van der Waals surface area contributed by atoms with Crippen LogP contribution in [0.2, 0.25) is 0 Å². The van der Waals surface area contributed by atoms with Gasteiger partial charge < -0.3 is 10.1 Å². The van der Waals surface area contributed by atoms with E-state index in [0.717, 1.165) is 0 Å². The maximum absolute atomic E-state index is 11.1. The SMILES string of the molecule is CCOc1cccc(NC(C)CS(C)=O)c1[N+](=O)[O-]. The van der Waals surface area contributed by atoms with Gasteiger partial charge in [0, 0.05) is 28.9 Å². The van der Waals surface area contributed by atoms with Crippen molar-refractivity contribution < 1.29 is 13.9 Å². The summed E-state index contributed by atoms with van der Waals surface area (Å²) in [6.45, 7) is 3.96. The summed E-state index contributed by atoms with van der Waals surface area (Å²) in [5.41, 5.74) is 0.298. The average molecular weight is 286 g/mol. The summed E-state index contributed by atoms with van der Waals surface area (Å²) >= 11 is 0. The quantitative estimate of drug-likeness (QED) is 0.613. The molecule has 0 fully saturated rings. The molecule has 106 valence electrons. The zero-order chi connectivity index (χ0) is 14.4. The molecule has 2 atom stereocenters. The Kier molecular flexibility index (Phi) is 5.75. The van der Waals surface area contributed by atoms with Crippen LogP contribution in [0.15, 0.2) is 18.2 Å². The van der Waals surface area contributed by atoms with E-state index in [-0.39, 0.29) is 17.5 Å². The van der Waals surface area contributed by atoms with E-state index in [1.54, 1.807) is 31.4 Å². The van der Waals surface area contributed by atoms with Crippen molar-refractivity contribution in [3.8, 4) is 5.75 Å². The molecule has 2 unspecified atom stereocenters. The number of para-hydroxylation sites is 1. The zero-order valence-electron chi connectivity index (χ0n) is 11.2. The Labute approximate surface area is 114 Å². The molecule has 0 aliphatic carbocycles. The fourth-order valence-corrected chi connectivity index (χ4v) is 2.55. The molecule has 0 amide bonds. The topological polar surface area (TPSA) is 81.5 Å². The molecule has 6 nitrogen and oxygen atoms in total. The molecule has 19 heavy (non-hydrogen) atoms. The van der Waals surface area contributed by atoms with E-state index in [4.69, 9.17) is 4.74 Å². The molecule has 1 N–H and O–H groups in total. The Morgan fingerprint density at radius 2 is 2.21 bits per heavy atom. The van der Waals surface area contributed by atoms with Crippen molar-refractivity contribution in [3.63, 3.8) is 0 Å². The number of nitrogens with zero attached hydrogens (tertiary/aromatic N) is 1. The van der Waals surface area contributed by atoms with E-state index < -0.39 is 15.7 Å². The highest BCUT2D eigenvalue weighted by Crippen LogP contribution is 2.35. The van der Waals surface area contributed by atoms with Gasteiger partial charge in [-0.25, -0.2) is 0 Å². The van der Waals surface area contributed by atoms with Crippen LogP contribution in [-0.4, -0.2) is 33.8 Å². The summed E-state index contributed by atoms with van der Waals surface area (Å²) in [6, 6.07) is 4.75. The van der Waals surface area contributed by atoms with Crippen LogP contribution in [0.4, 0.5) is 11.4 Å². The monoisotopic (exact) mass is 286 g/mol. The first-order chi connectivity index (χ1) is 8.95. The molecule has 0 radical (unpaired) electrons. The summed E-state index contributed by atoms with van der Waals surface area (Å²) in [5.74, 6) is 0.665. The molecule has 0 aliphatic heterocycles. The molecule has 0 saturated heterocycles. The molecular weight excluding hydrogens is 268 g/mol. The van der Waals surface area contributed by atoms with Crippen molar-refractivity contribution in [1.29, 1.82) is 0 Å². The van der Waals surface area contributed by atoms with E-state index in [9.17, 15) is 14.3 Å². The first kappa shape index (κ1) is 15.4. The third-order valence-electron chi connectivity index (χ3n) is 2.37. The average Bonchev–Trinajstić information content (AvgIpc) is 2.27. The van der Waals surface area contributed by atoms with Gasteiger partial charge in [-0.1, -0.05) is 6.07 Å². The lowest BCUT2D eigenvalue weighted by Crippen LogP contribution is -2.22. The summed E-state index contributed by atoms with van der Waals surface area (Å²) in [4.78, 5) is 10.7. The fraction of sp³-hybridized carbons (Fsp3) is 0.500. The van der Waals surface area contributed by atoms with Crippen LogP contribution in [0.5, 0.6) is 5.75 Å². The maximum Gasteiger partial charge on any atom is 0.333 e. The number of rotatable bonds is 7. The Morgan fingerprint density at radius 1 is 1.53 bits per heavy atom. The minimum atomic E-state index is -0.959. The van der Waals surface area contributed by atoms with Gasteiger partial charge in [-0.05, 0) is 26.0 Å². The van der Waals surface area contributed by atoms with E-state index in [0.29, 0.717) is 18.0 Å². The zero-order valence-corrected chi connectivity index (χ0v) is 12.0. The summed E-state index contributed by atoms with van der Waals surface area (Å²) in [7, 11) is -0.959. The molecule has 0 saturated carbocycles. The van der Waals surface area contributed by atoms with Gasteiger partial charge in [-0.3, -0.25) is 14.3 Å². The Hall–Kier alpha value is -1.63. The van der Waals surface area contributed by atoms with Gasteiger partial charge in [0.2, 0.25) is 0 Å². The van der Waals surface area contributed by atoms with E-state index in [2.05, 4.69) is 5.32 Å². The van der Waals surface area contributed by atoms with Gasteiger partial charge in [0.15, 0.2) is 5.75 Å². The van der Waals surface area contributed by atoms with Crippen LogP contribution < -0.4 is 10.1 Å². The predicted molar refractivity (Wildman–Crippen MR) is 76.3 cm³/mol. The first-order valence-electron chi connectivity index (χ1n) is 5.92. The van der Waals surface area contributed by atoms with Crippen LogP contribution in [0, 0.1) is 10.1 Å². The van der Waals surface area contributed by atoms with Crippen molar-refractivity contribution in [2.75, 3.05) is 23.9 Å². The smallest absolute Gasteiger partial charge is 0.333 e. The number of nitro groups is 1. The third kappa shape index (κ3) is 4.51. The normalized spacial score (nSPS) is 13.6. The summed E-state index contributed by atoms with van der Waals surface area (Å²) in [5, 5.41) is 14.2. The van der Waals surface area contributed by atoms with E-state index in [1.165, 1.54) is 0 Å². The Morgan fingerprint density at radius 3 is 2.74 bits per heavy atom. The molecule has 1 aromatic rings. The van der Waals surface area contributed by atoms with Gasteiger partial charge in [-0.15, -0.1) is 0 Å². The Bertz CT molecular complexity index is 479. The number of benzene rings is 1. The molecule has 7 heteroatoms. The molecule has 0 aliphatic rings. The van der Waals surface area contributed by atoms with Crippen LogP contribution in [0.3, 0.4) is 0 Å². The fourth-order valence-electron chi connectivity index (χ4n) is 1.76. The molecule has 0 aromatic heterocycles. The molecule has 0 heterocycles. The van der Waals surface area contributed by atoms with Crippen LogP contribution in [-0.2, 0) is 10.8 Å².